The Labute approximate surface area is 180 Å². The van der Waals surface area contributed by atoms with E-state index in [1.807, 2.05) is 0 Å². The Morgan fingerprint density at radius 2 is 2.10 bits per heavy atom. The molecular formula is C25H33N3O2. The van der Waals surface area contributed by atoms with Gasteiger partial charge in [0.2, 0.25) is 0 Å². The van der Waals surface area contributed by atoms with E-state index in [2.05, 4.69) is 62.2 Å². The van der Waals surface area contributed by atoms with Crippen LogP contribution in [0.1, 0.15) is 73.5 Å². The Balaban J connectivity index is 1.82. The summed E-state index contributed by atoms with van der Waals surface area (Å²) in [4.78, 5) is 14.9. The number of hydrogen-bond acceptors (Lipinski definition) is 4. The predicted molar refractivity (Wildman–Crippen MR) is 124 cm³/mol. The number of fused-ring (bicyclic) bond motifs is 1. The summed E-state index contributed by atoms with van der Waals surface area (Å²) in [6, 6.07) is 11.5. The largest absolute Gasteiger partial charge is 0.497 e. The molecule has 0 saturated heterocycles. The molecule has 0 aliphatic carbocycles. The van der Waals surface area contributed by atoms with Gasteiger partial charge in [-0.1, -0.05) is 19.9 Å². The highest BCUT2D eigenvalue weighted by Gasteiger charge is 2.36. The van der Waals surface area contributed by atoms with E-state index in [-0.39, 0.29) is 11.4 Å². The average molecular weight is 408 g/mol. The number of nitrogens with zero attached hydrogens (tertiary/aromatic N) is 2. The van der Waals surface area contributed by atoms with Crippen LogP contribution in [-0.2, 0) is 0 Å². The van der Waals surface area contributed by atoms with Crippen molar-refractivity contribution >= 4 is 17.8 Å². The smallest absolute Gasteiger partial charge is 0.271 e. The summed E-state index contributed by atoms with van der Waals surface area (Å²) in [7, 11) is 1.58. The van der Waals surface area contributed by atoms with Gasteiger partial charge in [-0.15, -0.1) is 0 Å². The number of ether oxygens (including phenoxy) is 1. The summed E-state index contributed by atoms with van der Waals surface area (Å²) in [5.41, 5.74) is 8.15. The zero-order chi connectivity index (χ0) is 21.9. The Morgan fingerprint density at radius 3 is 2.80 bits per heavy atom. The number of methoxy groups -OCH3 is 1. The maximum Gasteiger partial charge on any atom is 0.271 e. The zero-order valence-electron chi connectivity index (χ0n) is 19.0. The molecule has 0 saturated carbocycles. The van der Waals surface area contributed by atoms with E-state index in [9.17, 15) is 4.79 Å². The van der Waals surface area contributed by atoms with Crippen molar-refractivity contribution in [2.24, 2.45) is 5.10 Å². The van der Waals surface area contributed by atoms with Gasteiger partial charge in [0.15, 0.2) is 0 Å². The van der Waals surface area contributed by atoms with Crippen LogP contribution in [0.25, 0.3) is 0 Å². The van der Waals surface area contributed by atoms with E-state index >= 15 is 0 Å². The third-order valence-electron chi connectivity index (χ3n) is 5.92. The van der Waals surface area contributed by atoms with Crippen LogP contribution in [0.4, 0.5) is 5.69 Å². The molecular weight excluding hydrogens is 374 g/mol. The second-order valence-electron chi connectivity index (χ2n) is 8.77. The highest BCUT2D eigenvalue weighted by Crippen LogP contribution is 2.44. The van der Waals surface area contributed by atoms with Crippen molar-refractivity contribution in [3.8, 4) is 5.75 Å². The molecule has 1 unspecified atom stereocenters. The SMILES string of the molecule is CCCN1c2cc(C)c(/C=N\NC(=O)c3cccc(OC)c3)cc2C(C)CC1(C)C. The Hall–Kier alpha value is -2.82. The number of carbonyl (C=O) groups excluding carboxylic acids is 1. The van der Waals surface area contributed by atoms with E-state index in [4.69, 9.17) is 4.74 Å². The minimum Gasteiger partial charge on any atom is -0.497 e. The molecule has 0 radical (unpaired) electrons. The molecule has 2 aromatic carbocycles. The van der Waals surface area contributed by atoms with Crippen molar-refractivity contribution < 1.29 is 9.53 Å². The molecule has 1 N–H and O–H groups in total. The Morgan fingerprint density at radius 1 is 1.33 bits per heavy atom. The van der Waals surface area contributed by atoms with E-state index in [1.165, 1.54) is 11.3 Å². The maximum atomic E-state index is 12.4. The zero-order valence-corrected chi connectivity index (χ0v) is 19.0. The highest BCUT2D eigenvalue weighted by atomic mass is 16.5. The van der Waals surface area contributed by atoms with Gasteiger partial charge in [-0.3, -0.25) is 4.79 Å². The third kappa shape index (κ3) is 4.50. The molecule has 1 aliphatic heterocycles. The summed E-state index contributed by atoms with van der Waals surface area (Å²) in [6.45, 7) is 12.3. The van der Waals surface area contributed by atoms with Gasteiger partial charge in [0, 0.05) is 23.3 Å². The van der Waals surface area contributed by atoms with Gasteiger partial charge in [0.1, 0.15) is 5.75 Å². The van der Waals surface area contributed by atoms with Crippen molar-refractivity contribution in [3.63, 3.8) is 0 Å². The number of hydrogen-bond donors (Lipinski definition) is 1. The summed E-state index contributed by atoms with van der Waals surface area (Å²) >= 11 is 0. The lowest BCUT2D eigenvalue weighted by atomic mass is 9.79. The first-order valence-electron chi connectivity index (χ1n) is 10.7. The van der Waals surface area contributed by atoms with E-state index in [0.29, 0.717) is 17.2 Å². The van der Waals surface area contributed by atoms with Gasteiger partial charge in [-0.25, -0.2) is 5.43 Å². The molecule has 5 nitrogen and oxygen atoms in total. The molecule has 0 fully saturated rings. The van der Waals surface area contributed by atoms with Crippen molar-refractivity contribution in [1.82, 2.24) is 5.43 Å². The van der Waals surface area contributed by atoms with E-state index in [1.54, 1.807) is 37.6 Å². The molecule has 2 aromatic rings. The third-order valence-corrected chi connectivity index (χ3v) is 5.92. The molecule has 30 heavy (non-hydrogen) atoms. The van der Waals surface area contributed by atoms with E-state index < -0.39 is 0 Å². The first kappa shape index (κ1) is 21.9. The molecule has 0 spiro atoms. The van der Waals surface area contributed by atoms with Crippen LogP contribution in [0.3, 0.4) is 0 Å². The fourth-order valence-corrected chi connectivity index (χ4v) is 4.43. The number of hydrazone groups is 1. The van der Waals surface area contributed by atoms with Crippen LogP contribution in [0.15, 0.2) is 41.5 Å². The lowest BCUT2D eigenvalue weighted by Crippen LogP contribution is -2.48. The first-order valence-corrected chi connectivity index (χ1v) is 10.7. The monoisotopic (exact) mass is 407 g/mol. The minimum atomic E-state index is -0.259. The van der Waals surface area contributed by atoms with Crippen LogP contribution in [0.2, 0.25) is 0 Å². The fraction of sp³-hybridized carbons (Fsp3) is 0.440. The minimum absolute atomic E-state index is 0.148. The fourth-order valence-electron chi connectivity index (χ4n) is 4.43. The van der Waals surface area contributed by atoms with Gasteiger partial charge in [-0.2, -0.15) is 5.10 Å². The average Bonchev–Trinajstić information content (AvgIpc) is 2.71. The second kappa shape index (κ2) is 8.90. The topological polar surface area (TPSA) is 53.9 Å². The molecule has 0 aromatic heterocycles. The quantitative estimate of drug-likeness (QED) is 0.524. The number of aryl methyl sites for hydroxylation is 1. The lowest BCUT2D eigenvalue weighted by molar-refractivity contribution is 0.0955. The van der Waals surface area contributed by atoms with Crippen molar-refractivity contribution in [1.29, 1.82) is 0 Å². The molecule has 0 bridgehead atoms. The van der Waals surface area contributed by atoms with Crippen LogP contribution in [0.5, 0.6) is 5.75 Å². The maximum absolute atomic E-state index is 12.4. The molecule has 1 atom stereocenters. The van der Waals surface area contributed by atoms with Crippen molar-refractivity contribution in [3.05, 3.63) is 58.7 Å². The van der Waals surface area contributed by atoms with Gasteiger partial charge in [0.25, 0.3) is 5.91 Å². The molecule has 1 aliphatic rings. The van der Waals surface area contributed by atoms with Gasteiger partial charge in [0.05, 0.1) is 13.3 Å². The number of rotatable bonds is 6. The number of nitrogens with one attached hydrogen (secondary N) is 1. The van der Waals surface area contributed by atoms with Crippen LogP contribution in [-0.4, -0.2) is 31.3 Å². The first-order chi connectivity index (χ1) is 14.3. The summed E-state index contributed by atoms with van der Waals surface area (Å²) < 4.78 is 5.18. The second-order valence-corrected chi connectivity index (χ2v) is 8.77. The van der Waals surface area contributed by atoms with Crippen LogP contribution in [0, 0.1) is 6.92 Å². The van der Waals surface area contributed by atoms with Crippen molar-refractivity contribution in [2.75, 3.05) is 18.6 Å². The predicted octanol–water partition coefficient (Wildman–Crippen LogP) is 5.27. The number of amides is 1. The molecule has 5 heteroatoms. The van der Waals surface area contributed by atoms with Crippen molar-refractivity contribution in [2.45, 2.75) is 58.9 Å². The van der Waals surface area contributed by atoms with Gasteiger partial charge >= 0.3 is 0 Å². The molecule has 1 amide bonds. The van der Waals surface area contributed by atoms with Crippen LogP contribution >= 0.6 is 0 Å². The number of benzene rings is 2. The molecule has 3 rings (SSSR count). The van der Waals surface area contributed by atoms with E-state index in [0.717, 1.165) is 30.5 Å². The molecule has 1 heterocycles. The Kier molecular flexibility index (Phi) is 6.49. The summed E-state index contributed by atoms with van der Waals surface area (Å²) in [6.07, 6.45) is 3.98. The van der Waals surface area contributed by atoms with Gasteiger partial charge < -0.3 is 9.64 Å². The summed E-state index contributed by atoms with van der Waals surface area (Å²) in [5.74, 6) is 0.859. The standard InChI is InChI=1S/C25H33N3O2/c1-7-11-28-23-12-17(2)20(14-22(23)18(3)15-25(28,4)5)16-26-27-24(29)19-9-8-10-21(13-19)30-6/h8-10,12-14,16,18H,7,11,15H2,1-6H3,(H,27,29)/b26-16-. The highest BCUT2D eigenvalue weighted by molar-refractivity contribution is 5.95. The number of carbonyl (C=O) groups is 1. The van der Waals surface area contributed by atoms with Gasteiger partial charge in [-0.05, 0) is 86.6 Å². The normalized spacial score (nSPS) is 17.7. The van der Waals surface area contributed by atoms with Crippen LogP contribution < -0.4 is 15.1 Å². The summed E-state index contributed by atoms with van der Waals surface area (Å²) in [5, 5.41) is 4.21. The molecule has 160 valence electrons. The lowest BCUT2D eigenvalue weighted by Gasteiger charge is -2.48. The number of anilines is 1. The Bertz CT molecular complexity index is 949.